The van der Waals surface area contributed by atoms with Gasteiger partial charge in [0.25, 0.3) is 0 Å². The van der Waals surface area contributed by atoms with Crippen LogP contribution in [-0.4, -0.2) is 20.4 Å². The minimum atomic E-state index is -0.234. The Balaban J connectivity index is 1.98. The monoisotopic (exact) mass is 352 g/mol. The standard InChI is InChI=1S/C17H18Te/c1-2-3-4-5-9-12-16-13-14-17(18-16)15-10-7-6-8-11-15/h6-8,10-11,13-14H,2-5H2,1H3. The normalized spacial score (nSPS) is 9.83. The van der Waals surface area contributed by atoms with Gasteiger partial charge in [0.2, 0.25) is 0 Å². The molecule has 0 nitrogen and oxygen atoms in total. The van der Waals surface area contributed by atoms with Crippen molar-refractivity contribution in [2.24, 2.45) is 0 Å². The summed E-state index contributed by atoms with van der Waals surface area (Å²) < 4.78 is 2.90. The van der Waals surface area contributed by atoms with Gasteiger partial charge in [0.15, 0.2) is 0 Å². The molecule has 1 heteroatoms. The number of benzene rings is 1. The molecule has 2 aromatic rings. The summed E-state index contributed by atoms with van der Waals surface area (Å²) in [6.45, 7) is 2.23. The summed E-state index contributed by atoms with van der Waals surface area (Å²) in [6.07, 6.45) is 4.88. The van der Waals surface area contributed by atoms with Crippen LogP contribution in [0.1, 0.15) is 36.2 Å². The second kappa shape index (κ2) is 7.48. The quantitative estimate of drug-likeness (QED) is 0.437. The van der Waals surface area contributed by atoms with E-state index in [0.717, 1.165) is 6.42 Å². The summed E-state index contributed by atoms with van der Waals surface area (Å²) in [5.74, 6) is 6.67. The first-order valence-electron chi connectivity index (χ1n) is 6.54. The predicted molar refractivity (Wildman–Crippen MR) is 79.8 cm³/mol. The van der Waals surface area contributed by atoms with Gasteiger partial charge in [-0.25, -0.2) is 0 Å². The van der Waals surface area contributed by atoms with Crippen molar-refractivity contribution in [2.45, 2.75) is 32.6 Å². The van der Waals surface area contributed by atoms with Crippen LogP contribution in [0.4, 0.5) is 0 Å². The molecule has 0 fully saturated rings. The van der Waals surface area contributed by atoms with Crippen molar-refractivity contribution < 1.29 is 0 Å². The molecule has 0 atom stereocenters. The molecule has 0 bridgehead atoms. The molecule has 0 radical (unpaired) electrons. The molecule has 1 aromatic carbocycles. The Morgan fingerprint density at radius 2 is 1.83 bits per heavy atom. The van der Waals surface area contributed by atoms with Gasteiger partial charge >= 0.3 is 120 Å². The zero-order valence-corrected chi connectivity index (χ0v) is 13.1. The minimum absolute atomic E-state index is 0.234. The maximum atomic E-state index is 3.36. The first kappa shape index (κ1) is 13.5. The Hall–Kier alpha value is -0.950. The van der Waals surface area contributed by atoms with Gasteiger partial charge in [-0.3, -0.25) is 0 Å². The van der Waals surface area contributed by atoms with Gasteiger partial charge < -0.3 is 0 Å². The summed E-state index contributed by atoms with van der Waals surface area (Å²) in [7, 11) is 0. The zero-order chi connectivity index (χ0) is 12.6. The average molecular weight is 350 g/mol. The molecule has 1 heterocycles. The molecule has 0 saturated heterocycles. The topological polar surface area (TPSA) is 0 Å². The van der Waals surface area contributed by atoms with Crippen LogP contribution in [-0.2, 0) is 0 Å². The van der Waals surface area contributed by atoms with E-state index in [1.807, 2.05) is 0 Å². The number of hydrogen-bond acceptors (Lipinski definition) is 0. The van der Waals surface area contributed by atoms with Gasteiger partial charge in [-0.05, 0) is 0 Å². The molecule has 0 aliphatic rings. The Morgan fingerprint density at radius 3 is 2.61 bits per heavy atom. The van der Waals surface area contributed by atoms with Gasteiger partial charge in [0.05, 0.1) is 0 Å². The molecule has 18 heavy (non-hydrogen) atoms. The third-order valence-corrected chi connectivity index (χ3v) is 5.78. The molecule has 0 N–H and O–H groups in total. The van der Waals surface area contributed by atoms with E-state index in [9.17, 15) is 0 Å². The molecule has 0 aliphatic heterocycles. The van der Waals surface area contributed by atoms with Crippen LogP contribution in [0, 0.1) is 11.8 Å². The number of rotatable bonds is 4. The summed E-state index contributed by atoms with van der Waals surface area (Å²) >= 11 is -0.234. The van der Waals surface area contributed by atoms with Crippen LogP contribution in [0.2, 0.25) is 0 Å². The first-order valence-corrected chi connectivity index (χ1v) is 8.87. The summed E-state index contributed by atoms with van der Waals surface area (Å²) in [6, 6.07) is 15.2. The summed E-state index contributed by atoms with van der Waals surface area (Å²) in [5, 5.41) is 0. The molecule has 0 saturated carbocycles. The number of unbranched alkanes of at least 4 members (excludes halogenated alkanes) is 3. The Kier molecular flexibility index (Phi) is 5.60. The van der Waals surface area contributed by atoms with Crippen LogP contribution in [0.5, 0.6) is 0 Å². The van der Waals surface area contributed by atoms with Crippen molar-refractivity contribution in [3.05, 3.63) is 46.0 Å². The van der Waals surface area contributed by atoms with E-state index >= 15 is 0 Å². The Labute approximate surface area is 120 Å². The van der Waals surface area contributed by atoms with Crippen LogP contribution < -0.4 is 0 Å². The van der Waals surface area contributed by atoms with E-state index in [1.165, 1.54) is 32.0 Å². The van der Waals surface area contributed by atoms with E-state index in [0.29, 0.717) is 0 Å². The molecule has 0 aliphatic carbocycles. The molecule has 0 amide bonds. The van der Waals surface area contributed by atoms with Crippen molar-refractivity contribution in [3.63, 3.8) is 0 Å². The van der Waals surface area contributed by atoms with Crippen molar-refractivity contribution in [1.82, 2.24) is 0 Å². The second-order valence-electron chi connectivity index (χ2n) is 4.29. The molecular weight excluding hydrogens is 332 g/mol. The van der Waals surface area contributed by atoms with Crippen LogP contribution in [0.25, 0.3) is 9.14 Å². The predicted octanol–water partition coefficient (Wildman–Crippen LogP) is 4.34. The van der Waals surface area contributed by atoms with Crippen molar-refractivity contribution in [3.8, 4) is 21.0 Å². The number of hydrogen-bond donors (Lipinski definition) is 0. The van der Waals surface area contributed by atoms with E-state index < -0.39 is 0 Å². The van der Waals surface area contributed by atoms with Gasteiger partial charge in [0.1, 0.15) is 0 Å². The zero-order valence-electron chi connectivity index (χ0n) is 10.8. The summed E-state index contributed by atoms with van der Waals surface area (Å²) in [4.78, 5) is 0. The third-order valence-electron chi connectivity index (χ3n) is 2.78. The van der Waals surface area contributed by atoms with E-state index in [1.54, 1.807) is 0 Å². The van der Waals surface area contributed by atoms with Gasteiger partial charge in [-0.1, -0.05) is 0 Å². The fraction of sp³-hybridized carbons (Fsp3) is 0.294. The summed E-state index contributed by atoms with van der Waals surface area (Å²) in [5.41, 5.74) is 1.37. The van der Waals surface area contributed by atoms with Crippen LogP contribution in [0.15, 0.2) is 42.5 Å². The Morgan fingerprint density at radius 1 is 1.00 bits per heavy atom. The second-order valence-corrected chi connectivity index (χ2v) is 7.38. The molecule has 0 spiro atoms. The fourth-order valence-corrected chi connectivity index (χ4v) is 4.31. The van der Waals surface area contributed by atoms with Gasteiger partial charge in [-0.2, -0.15) is 0 Å². The average Bonchev–Trinajstić information content (AvgIpc) is 2.88. The van der Waals surface area contributed by atoms with E-state index in [4.69, 9.17) is 0 Å². The van der Waals surface area contributed by atoms with Crippen molar-refractivity contribution >= 4 is 20.4 Å². The molecular formula is C17H18Te. The van der Waals surface area contributed by atoms with Gasteiger partial charge in [-0.15, -0.1) is 0 Å². The third kappa shape index (κ3) is 4.06. The van der Waals surface area contributed by atoms with Crippen molar-refractivity contribution in [1.29, 1.82) is 0 Å². The fourth-order valence-electron chi connectivity index (χ4n) is 1.78. The van der Waals surface area contributed by atoms with E-state index in [-0.39, 0.29) is 20.4 Å². The molecule has 2 rings (SSSR count). The SMILES string of the molecule is CCCCCC#Cc1ccc(-c2ccccc2)[te]1. The van der Waals surface area contributed by atoms with Crippen molar-refractivity contribution in [2.75, 3.05) is 0 Å². The van der Waals surface area contributed by atoms with Crippen LogP contribution in [0.3, 0.4) is 0 Å². The maximum absolute atomic E-state index is 3.36. The van der Waals surface area contributed by atoms with Crippen LogP contribution >= 0.6 is 0 Å². The van der Waals surface area contributed by atoms with Gasteiger partial charge in [0, 0.05) is 0 Å². The van der Waals surface area contributed by atoms with E-state index in [2.05, 4.69) is 61.2 Å². The molecule has 0 unspecified atom stereocenters. The molecule has 92 valence electrons. The molecule has 1 aromatic heterocycles. The Bertz CT molecular complexity index is 525. The first-order chi connectivity index (χ1) is 8.90.